The van der Waals surface area contributed by atoms with Crippen LogP contribution >= 0.6 is 0 Å². The second-order valence-corrected chi connectivity index (χ2v) is 4.94. The van der Waals surface area contributed by atoms with Gasteiger partial charge in [0.25, 0.3) is 0 Å². The minimum Gasteiger partial charge on any atom is -0.421 e. The Bertz CT molecular complexity index is 875. The molecule has 0 saturated carbocycles. The van der Waals surface area contributed by atoms with Gasteiger partial charge in [0.2, 0.25) is 0 Å². The normalized spacial score (nSPS) is 9.92. The van der Waals surface area contributed by atoms with E-state index < -0.39 is 11.9 Å². The number of carbonyl (C=O) groups is 2. The van der Waals surface area contributed by atoms with E-state index in [0.29, 0.717) is 11.1 Å². The van der Waals surface area contributed by atoms with Gasteiger partial charge in [-0.05, 0) is 29.8 Å². The number of benzene rings is 2. The molecular weight excluding hydrogens is 322 g/mol. The third-order valence-corrected chi connectivity index (χ3v) is 3.32. The summed E-state index contributed by atoms with van der Waals surface area (Å²) in [5.74, 6) is -0.916. The zero-order chi connectivity index (χ0) is 18.6. The van der Waals surface area contributed by atoms with Crippen LogP contribution < -0.4 is 26.7 Å². The van der Waals surface area contributed by atoms with Crippen LogP contribution in [0.5, 0.6) is 11.5 Å². The van der Waals surface area contributed by atoms with Gasteiger partial charge >= 0.3 is 11.9 Å². The summed E-state index contributed by atoms with van der Waals surface area (Å²) in [5.41, 5.74) is 19.7. The molecule has 2 aromatic rings. The van der Waals surface area contributed by atoms with Gasteiger partial charge in [-0.3, -0.25) is 0 Å². The molecule has 128 valence electrons. The summed E-state index contributed by atoms with van der Waals surface area (Å²) >= 11 is 0. The zero-order valence-electron chi connectivity index (χ0n) is 13.3. The van der Waals surface area contributed by atoms with Crippen molar-refractivity contribution in [3.8, 4) is 22.6 Å². The molecule has 0 atom stereocenters. The second kappa shape index (κ2) is 7.22. The lowest BCUT2D eigenvalue weighted by Gasteiger charge is -2.13. The molecule has 0 aliphatic rings. The molecule has 0 radical (unpaired) electrons. The van der Waals surface area contributed by atoms with E-state index in [9.17, 15) is 9.59 Å². The first-order valence-electron chi connectivity index (χ1n) is 7.13. The van der Waals surface area contributed by atoms with Crippen LogP contribution in [0.15, 0.2) is 55.6 Å². The smallest absolute Gasteiger partial charge is 0.335 e. The van der Waals surface area contributed by atoms with Gasteiger partial charge in [-0.1, -0.05) is 19.2 Å². The van der Waals surface area contributed by atoms with Crippen molar-refractivity contribution in [3.63, 3.8) is 0 Å². The Morgan fingerprint density at radius 1 is 0.840 bits per heavy atom. The maximum atomic E-state index is 11.3. The number of ether oxygens (including phenoxy) is 2. The van der Waals surface area contributed by atoms with Crippen molar-refractivity contribution in [1.29, 1.82) is 0 Å². The third kappa shape index (κ3) is 3.78. The summed E-state index contributed by atoms with van der Waals surface area (Å²) in [6, 6.07) is 7.95. The Hall–Kier alpha value is -3.74. The summed E-state index contributed by atoms with van der Waals surface area (Å²) in [4.78, 5) is 22.5. The number of carbonyl (C=O) groups excluding carboxylic acids is 2. The molecule has 0 aliphatic heterocycles. The lowest BCUT2D eigenvalue weighted by molar-refractivity contribution is -0.129. The van der Waals surface area contributed by atoms with E-state index in [4.69, 9.17) is 26.7 Å². The van der Waals surface area contributed by atoms with Crippen LogP contribution in [0.25, 0.3) is 11.1 Å². The largest absolute Gasteiger partial charge is 0.421 e. The van der Waals surface area contributed by atoms with E-state index in [0.717, 1.165) is 12.2 Å². The van der Waals surface area contributed by atoms with Gasteiger partial charge in [0.15, 0.2) is 11.5 Å². The van der Waals surface area contributed by atoms with Gasteiger partial charge in [0.1, 0.15) is 0 Å². The maximum Gasteiger partial charge on any atom is 0.335 e. The number of anilines is 3. The topological polar surface area (TPSA) is 131 Å². The van der Waals surface area contributed by atoms with E-state index in [2.05, 4.69) is 13.2 Å². The maximum absolute atomic E-state index is 11.3. The molecular formula is C18H17N3O4. The number of rotatable bonds is 5. The van der Waals surface area contributed by atoms with Crippen LogP contribution in [-0.4, -0.2) is 11.9 Å². The number of nitrogens with two attached hydrogens (primary N) is 3. The number of hydrogen-bond acceptors (Lipinski definition) is 7. The standard InChI is InChI=1S/C18H17N3O4/c1-3-15(22)24-13-7-5-10(9-12(13)19)11-6-8-14(18(21)17(11)20)25-16(23)4-2/h3-9H,1-2,19-21H2. The van der Waals surface area contributed by atoms with Crippen molar-refractivity contribution in [2.75, 3.05) is 17.2 Å². The molecule has 6 N–H and O–H groups in total. The van der Waals surface area contributed by atoms with Crippen molar-refractivity contribution in [3.05, 3.63) is 55.6 Å². The zero-order valence-corrected chi connectivity index (χ0v) is 13.3. The molecule has 0 aliphatic carbocycles. The highest BCUT2D eigenvalue weighted by molar-refractivity contribution is 5.92. The minimum atomic E-state index is -0.642. The van der Waals surface area contributed by atoms with Crippen molar-refractivity contribution in [2.24, 2.45) is 0 Å². The molecule has 0 saturated heterocycles. The van der Waals surface area contributed by atoms with Crippen LogP contribution in [0.3, 0.4) is 0 Å². The summed E-state index contributed by atoms with van der Waals surface area (Å²) in [6.45, 7) is 6.64. The van der Waals surface area contributed by atoms with E-state index in [1.807, 2.05) is 0 Å². The molecule has 0 fully saturated rings. The molecule has 0 aromatic heterocycles. The van der Waals surface area contributed by atoms with Crippen molar-refractivity contribution in [2.45, 2.75) is 0 Å². The molecule has 0 bridgehead atoms. The van der Waals surface area contributed by atoms with Gasteiger partial charge in [0.05, 0.1) is 17.1 Å². The van der Waals surface area contributed by atoms with Crippen LogP contribution in [0.2, 0.25) is 0 Å². The monoisotopic (exact) mass is 339 g/mol. The summed E-state index contributed by atoms with van der Waals surface area (Å²) in [5, 5.41) is 0. The second-order valence-electron chi connectivity index (χ2n) is 4.94. The van der Waals surface area contributed by atoms with Gasteiger partial charge in [-0.25, -0.2) is 9.59 Å². The van der Waals surface area contributed by atoms with Crippen LogP contribution in [0.1, 0.15) is 0 Å². The molecule has 2 rings (SSSR count). The molecule has 0 heterocycles. The van der Waals surface area contributed by atoms with E-state index in [-0.39, 0.29) is 28.6 Å². The van der Waals surface area contributed by atoms with Crippen molar-refractivity contribution >= 4 is 29.0 Å². The Kier molecular flexibility index (Phi) is 5.09. The Labute approximate surface area is 144 Å². The first-order valence-corrected chi connectivity index (χ1v) is 7.13. The van der Waals surface area contributed by atoms with Gasteiger partial charge in [0, 0.05) is 17.7 Å². The average Bonchev–Trinajstić information content (AvgIpc) is 2.60. The molecule has 0 amide bonds. The fourth-order valence-electron chi connectivity index (χ4n) is 2.07. The van der Waals surface area contributed by atoms with Crippen LogP contribution in [0, 0.1) is 0 Å². The van der Waals surface area contributed by atoms with Gasteiger partial charge < -0.3 is 26.7 Å². The quantitative estimate of drug-likeness (QED) is 0.329. The Balaban J connectivity index is 2.39. The predicted octanol–water partition coefficient (Wildman–Crippen LogP) is 2.28. The Morgan fingerprint density at radius 3 is 1.96 bits per heavy atom. The van der Waals surface area contributed by atoms with E-state index in [1.54, 1.807) is 18.2 Å². The molecule has 2 aromatic carbocycles. The number of hydrogen-bond donors (Lipinski definition) is 3. The lowest BCUT2D eigenvalue weighted by atomic mass is 10.0. The summed E-state index contributed by atoms with van der Waals surface area (Å²) in [7, 11) is 0. The minimum absolute atomic E-state index is 0.119. The SMILES string of the molecule is C=CC(=O)Oc1ccc(-c2ccc(OC(=O)C=C)c(N)c2N)cc1N. The molecule has 0 unspecified atom stereocenters. The molecule has 0 spiro atoms. The molecule has 25 heavy (non-hydrogen) atoms. The highest BCUT2D eigenvalue weighted by Gasteiger charge is 2.14. The lowest BCUT2D eigenvalue weighted by Crippen LogP contribution is -2.07. The third-order valence-electron chi connectivity index (χ3n) is 3.32. The van der Waals surface area contributed by atoms with E-state index in [1.165, 1.54) is 12.1 Å². The summed E-state index contributed by atoms with van der Waals surface area (Å²) in [6.07, 6.45) is 2.06. The van der Waals surface area contributed by atoms with Crippen LogP contribution in [-0.2, 0) is 9.59 Å². The number of nitrogen functional groups attached to an aromatic ring is 3. The van der Waals surface area contributed by atoms with Crippen molar-refractivity contribution < 1.29 is 19.1 Å². The van der Waals surface area contributed by atoms with Gasteiger partial charge in [-0.2, -0.15) is 0 Å². The Morgan fingerprint density at radius 2 is 1.40 bits per heavy atom. The van der Waals surface area contributed by atoms with Crippen molar-refractivity contribution in [1.82, 2.24) is 0 Å². The molecule has 7 nitrogen and oxygen atoms in total. The number of esters is 2. The molecule has 7 heteroatoms. The highest BCUT2D eigenvalue weighted by Crippen LogP contribution is 2.38. The summed E-state index contributed by atoms with van der Waals surface area (Å²) < 4.78 is 10.0. The fraction of sp³-hybridized carbons (Fsp3) is 0. The van der Waals surface area contributed by atoms with E-state index >= 15 is 0 Å². The highest BCUT2D eigenvalue weighted by atomic mass is 16.5. The van der Waals surface area contributed by atoms with Gasteiger partial charge in [-0.15, -0.1) is 0 Å². The average molecular weight is 339 g/mol. The fourth-order valence-corrected chi connectivity index (χ4v) is 2.07. The first kappa shape index (κ1) is 17.6. The first-order chi connectivity index (χ1) is 11.9. The van der Waals surface area contributed by atoms with Crippen LogP contribution in [0.4, 0.5) is 17.1 Å². The predicted molar refractivity (Wildman–Crippen MR) is 96.8 cm³/mol.